The molecule has 7 rings (SSSR count). The molecule has 3 fully saturated rings. The number of piperidine rings is 3. The van der Waals surface area contributed by atoms with Gasteiger partial charge in [0.2, 0.25) is 0 Å². The molecule has 0 spiro atoms. The second kappa shape index (κ2) is 7.98. The Hall–Kier alpha value is -3.07. The number of carbonyl (C=O) groups is 1. The number of halogens is 2. The average Bonchev–Trinajstić information content (AvgIpc) is 3.14. The highest BCUT2D eigenvalue weighted by Crippen LogP contribution is 2.46. The molecule has 2 atom stereocenters. The lowest BCUT2D eigenvalue weighted by molar-refractivity contribution is -0.286. The van der Waals surface area contributed by atoms with Gasteiger partial charge in [0, 0.05) is 17.5 Å². The van der Waals surface area contributed by atoms with E-state index in [9.17, 15) is 13.6 Å². The first-order valence-electron chi connectivity index (χ1n) is 12.0. The predicted molar refractivity (Wildman–Crippen MR) is 123 cm³/mol. The normalized spacial score (nSPS) is 29.1. The first-order valence-corrected chi connectivity index (χ1v) is 12.0. The fourth-order valence-corrected chi connectivity index (χ4v) is 5.58. The molecule has 0 radical (unpaired) electrons. The van der Waals surface area contributed by atoms with Gasteiger partial charge in [-0.1, -0.05) is 32.0 Å². The summed E-state index contributed by atoms with van der Waals surface area (Å²) in [6, 6.07) is 10.0. The SMILES string of the molecule is CC1(C)COc2cc(-c3ccc4c(c3)OC(F)(F)O4)ccc2C1NC(=O)O[C@H]1CN2CCC1CC2. The molecule has 5 aliphatic heterocycles. The number of ether oxygens (including phenoxy) is 4. The van der Waals surface area contributed by atoms with Crippen molar-refractivity contribution in [2.24, 2.45) is 11.3 Å². The van der Waals surface area contributed by atoms with Gasteiger partial charge >= 0.3 is 12.4 Å². The van der Waals surface area contributed by atoms with Crippen LogP contribution in [-0.2, 0) is 4.74 Å². The minimum absolute atomic E-state index is 0.000438. The van der Waals surface area contributed by atoms with Crippen LogP contribution in [0.1, 0.15) is 38.3 Å². The molecule has 5 aliphatic rings. The number of alkyl halides is 2. The van der Waals surface area contributed by atoms with Gasteiger partial charge in [0.05, 0.1) is 12.6 Å². The van der Waals surface area contributed by atoms with Gasteiger partial charge < -0.3 is 24.3 Å². The van der Waals surface area contributed by atoms with Gasteiger partial charge in [0.15, 0.2) is 11.5 Å². The fourth-order valence-electron chi connectivity index (χ4n) is 5.58. The van der Waals surface area contributed by atoms with Crippen molar-refractivity contribution in [3.05, 3.63) is 42.0 Å². The summed E-state index contributed by atoms with van der Waals surface area (Å²) in [7, 11) is 0. The second-order valence-corrected chi connectivity index (χ2v) is 10.5. The van der Waals surface area contributed by atoms with E-state index < -0.39 is 12.4 Å². The summed E-state index contributed by atoms with van der Waals surface area (Å²) >= 11 is 0. The van der Waals surface area contributed by atoms with Gasteiger partial charge in [-0.25, -0.2) is 4.79 Å². The molecule has 5 heterocycles. The van der Waals surface area contributed by atoms with E-state index in [0.717, 1.165) is 43.6 Å². The van der Waals surface area contributed by atoms with Crippen LogP contribution in [0.15, 0.2) is 36.4 Å². The Kier molecular flexibility index (Phi) is 5.11. The largest absolute Gasteiger partial charge is 0.586 e. The maximum atomic E-state index is 13.4. The van der Waals surface area contributed by atoms with Crippen molar-refractivity contribution in [1.29, 1.82) is 0 Å². The molecule has 2 bridgehead atoms. The van der Waals surface area contributed by atoms with Gasteiger partial charge in [-0.15, -0.1) is 8.78 Å². The van der Waals surface area contributed by atoms with E-state index in [1.165, 1.54) is 12.1 Å². The maximum absolute atomic E-state index is 13.4. The van der Waals surface area contributed by atoms with Crippen LogP contribution in [-0.4, -0.2) is 49.6 Å². The summed E-state index contributed by atoms with van der Waals surface area (Å²) in [5.74, 6) is 1.06. The highest BCUT2D eigenvalue weighted by Gasteiger charge is 2.44. The zero-order chi connectivity index (χ0) is 24.4. The zero-order valence-corrected chi connectivity index (χ0v) is 19.7. The van der Waals surface area contributed by atoms with Crippen molar-refractivity contribution >= 4 is 6.09 Å². The summed E-state index contributed by atoms with van der Waals surface area (Å²) < 4.78 is 47.8. The molecular weight excluding hydrogens is 458 g/mol. The third-order valence-electron chi connectivity index (χ3n) is 7.56. The first kappa shape index (κ1) is 22.4. The van der Waals surface area contributed by atoms with Crippen LogP contribution >= 0.6 is 0 Å². The van der Waals surface area contributed by atoms with E-state index in [0.29, 0.717) is 23.8 Å². The van der Waals surface area contributed by atoms with Crippen molar-refractivity contribution in [2.45, 2.75) is 45.1 Å². The number of nitrogens with one attached hydrogen (secondary N) is 1. The fraction of sp³-hybridized carbons (Fsp3) is 0.500. The van der Waals surface area contributed by atoms with Crippen LogP contribution in [0.2, 0.25) is 0 Å². The summed E-state index contributed by atoms with van der Waals surface area (Å²) in [6.07, 6.45) is -1.99. The van der Waals surface area contributed by atoms with Crippen molar-refractivity contribution in [1.82, 2.24) is 10.2 Å². The molecule has 9 heteroatoms. The van der Waals surface area contributed by atoms with Crippen LogP contribution in [0.4, 0.5) is 13.6 Å². The summed E-state index contributed by atoms with van der Waals surface area (Å²) in [4.78, 5) is 15.3. The van der Waals surface area contributed by atoms with Crippen molar-refractivity contribution in [3.8, 4) is 28.4 Å². The highest BCUT2D eigenvalue weighted by atomic mass is 19.3. The number of hydrogen-bond acceptors (Lipinski definition) is 6. The molecule has 3 saturated heterocycles. The Morgan fingerprint density at radius 1 is 1.03 bits per heavy atom. The minimum atomic E-state index is -3.66. The molecule has 2 aromatic carbocycles. The molecule has 1 N–H and O–H groups in total. The van der Waals surface area contributed by atoms with E-state index in [1.54, 1.807) is 6.07 Å². The lowest BCUT2D eigenvalue weighted by Gasteiger charge is -2.44. The molecular formula is C26H28F2N2O5. The quantitative estimate of drug-likeness (QED) is 0.662. The summed E-state index contributed by atoms with van der Waals surface area (Å²) in [6.45, 7) is 7.46. The molecule has 186 valence electrons. The van der Waals surface area contributed by atoms with Crippen LogP contribution in [0.25, 0.3) is 11.1 Å². The Labute approximate surface area is 202 Å². The predicted octanol–water partition coefficient (Wildman–Crippen LogP) is 4.96. The maximum Gasteiger partial charge on any atom is 0.586 e. The first-order chi connectivity index (χ1) is 16.7. The van der Waals surface area contributed by atoms with E-state index in [1.807, 2.05) is 32.0 Å². The van der Waals surface area contributed by atoms with Crippen LogP contribution in [0.3, 0.4) is 0 Å². The standard InChI is InChI=1S/C26H28F2N2O5/c1-25(2)14-32-20-11-16(17-4-6-19-21(12-17)35-26(27,28)34-19)3-5-18(20)23(25)29-24(31)33-22-13-30-9-7-15(22)8-10-30/h3-6,11-12,15,22-23H,7-10,13-14H2,1-2H3,(H,29,31)/t22-,23?/m0/s1. The second-order valence-electron chi connectivity index (χ2n) is 10.5. The van der Waals surface area contributed by atoms with Crippen molar-refractivity contribution in [2.75, 3.05) is 26.2 Å². The molecule has 2 aromatic rings. The number of benzene rings is 2. The molecule has 0 aliphatic carbocycles. The van der Waals surface area contributed by atoms with Gasteiger partial charge in [-0.3, -0.25) is 4.90 Å². The monoisotopic (exact) mass is 486 g/mol. The third kappa shape index (κ3) is 4.16. The number of rotatable bonds is 3. The lowest BCUT2D eigenvalue weighted by Crippen LogP contribution is -2.53. The Morgan fingerprint density at radius 3 is 2.43 bits per heavy atom. The van der Waals surface area contributed by atoms with Gasteiger partial charge in [0.25, 0.3) is 0 Å². The van der Waals surface area contributed by atoms with E-state index in [2.05, 4.69) is 19.7 Å². The number of hydrogen-bond donors (Lipinski definition) is 1. The molecule has 0 aromatic heterocycles. The molecule has 0 saturated carbocycles. The van der Waals surface area contributed by atoms with Gasteiger partial charge in [-0.05, 0) is 61.2 Å². The number of alkyl carbamates (subject to hydrolysis) is 1. The van der Waals surface area contributed by atoms with Crippen molar-refractivity contribution < 1.29 is 32.5 Å². The highest BCUT2D eigenvalue weighted by molar-refractivity contribution is 5.72. The molecule has 1 amide bonds. The van der Waals surface area contributed by atoms with Crippen molar-refractivity contribution in [3.63, 3.8) is 0 Å². The Balaban J connectivity index is 1.22. The third-order valence-corrected chi connectivity index (χ3v) is 7.56. The number of carbonyl (C=O) groups excluding carboxylic acids is 1. The number of nitrogens with zero attached hydrogens (tertiary/aromatic N) is 1. The van der Waals surface area contributed by atoms with Gasteiger partial charge in [-0.2, -0.15) is 0 Å². The summed E-state index contributed by atoms with van der Waals surface area (Å²) in [5.41, 5.74) is 1.96. The van der Waals surface area contributed by atoms with E-state index >= 15 is 0 Å². The topological polar surface area (TPSA) is 69.3 Å². The van der Waals surface area contributed by atoms with Crippen LogP contribution < -0.4 is 19.5 Å². The molecule has 7 nitrogen and oxygen atoms in total. The minimum Gasteiger partial charge on any atom is -0.493 e. The van der Waals surface area contributed by atoms with Crippen LogP contribution in [0.5, 0.6) is 17.2 Å². The lowest BCUT2D eigenvalue weighted by atomic mass is 9.78. The average molecular weight is 487 g/mol. The zero-order valence-electron chi connectivity index (χ0n) is 19.7. The van der Waals surface area contributed by atoms with E-state index in [-0.39, 0.29) is 29.1 Å². The Bertz CT molecular complexity index is 1160. The van der Waals surface area contributed by atoms with Gasteiger partial charge in [0.1, 0.15) is 11.9 Å². The summed E-state index contributed by atoms with van der Waals surface area (Å²) in [5, 5.41) is 3.09. The molecule has 1 unspecified atom stereocenters. The van der Waals surface area contributed by atoms with Crippen LogP contribution in [0, 0.1) is 11.3 Å². The van der Waals surface area contributed by atoms with E-state index in [4.69, 9.17) is 9.47 Å². The Morgan fingerprint density at radius 2 is 1.71 bits per heavy atom. The number of fused-ring (bicyclic) bond motifs is 5. The smallest absolute Gasteiger partial charge is 0.493 e. The number of amides is 1. The molecule has 35 heavy (non-hydrogen) atoms.